The van der Waals surface area contributed by atoms with E-state index < -0.39 is 5.60 Å². The lowest BCUT2D eigenvalue weighted by Crippen LogP contribution is -2.42. The molecule has 1 aromatic rings. The minimum Gasteiger partial charge on any atom is -0.389 e. The monoisotopic (exact) mass is 269 g/mol. The van der Waals surface area contributed by atoms with Gasteiger partial charge in [-0.2, -0.15) is 0 Å². The molecule has 1 aromatic carbocycles. The molecule has 0 saturated carbocycles. The zero-order chi connectivity index (χ0) is 13.9. The van der Waals surface area contributed by atoms with Crippen molar-refractivity contribution in [1.82, 2.24) is 4.90 Å². The molecule has 18 heavy (non-hydrogen) atoms. The number of aliphatic hydroxyl groups is 1. The number of likely N-dealkylation sites (N-methyl/N-ethyl adjacent to an activating group) is 1. The number of rotatable bonds is 4. The molecule has 1 amide bonds. The first-order chi connectivity index (χ1) is 8.24. The van der Waals surface area contributed by atoms with Gasteiger partial charge in [0.2, 0.25) is 0 Å². The summed E-state index contributed by atoms with van der Waals surface area (Å²) in [7, 11) is 0. The van der Waals surface area contributed by atoms with Gasteiger partial charge in [0.05, 0.1) is 5.60 Å². The van der Waals surface area contributed by atoms with Crippen molar-refractivity contribution in [2.45, 2.75) is 33.3 Å². The van der Waals surface area contributed by atoms with Crippen LogP contribution in [-0.4, -0.2) is 34.6 Å². The quantitative estimate of drug-likeness (QED) is 0.913. The number of nitrogens with zero attached hydrogens (tertiary/aromatic N) is 1. The fraction of sp³-hybridized carbons (Fsp3) is 0.500. The maximum Gasteiger partial charge on any atom is 0.253 e. The van der Waals surface area contributed by atoms with Crippen LogP contribution >= 0.6 is 11.6 Å². The zero-order valence-electron chi connectivity index (χ0n) is 11.3. The summed E-state index contributed by atoms with van der Waals surface area (Å²) in [5.74, 6) is -0.110. The van der Waals surface area contributed by atoms with E-state index in [4.69, 9.17) is 11.6 Å². The summed E-state index contributed by atoms with van der Waals surface area (Å²) in [4.78, 5) is 13.9. The third-order valence-electron chi connectivity index (χ3n) is 2.67. The number of amides is 1. The van der Waals surface area contributed by atoms with Crippen LogP contribution < -0.4 is 0 Å². The number of benzene rings is 1. The molecular formula is C14H20ClNO2. The van der Waals surface area contributed by atoms with Crippen LogP contribution in [0.2, 0.25) is 5.02 Å². The summed E-state index contributed by atoms with van der Waals surface area (Å²) in [5, 5.41) is 10.4. The van der Waals surface area contributed by atoms with E-state index in [-0.39, 0.29) is 5.91 Å². The number of hydrogen-bond acceptors (Lipinski definition) is 2. The maximum absolute atomic E-state index is 12.3. The molecule has 0 radical (unpaired) electrons. The minimum absolute atomic E-state index is 0.110. The van der Waals surface area contributed by atoms with E-state index in [0.29, 0.717) is 23.7 Å². The molecule has 0 spiro atoms. The van der Waals surface area contributed by atoms with Crippen molar-refractivity contribution in [3.05, 3.63) is 34.3 Å². The molecule has 1 rings (SSSR count). The van der Waals surface area contributed by atoms with Gasteiger partial charge in [0.25, 0.3) is 5.91 Å². The minimum atomic E-state index is -0.903. The number of aryl methyl sites for hydroxylation is 1. The summed E-state index contributed by atoms with van der Waals surface area (Å²) in [6.45, 7) is 8.00. The van der Waals surface area contributed by atoms with Gasteiger partial charge in [-0.3, -0.25) is 4.79 Å². The molecule has 100 valence electrons. The first-order valence-corrected chi connectivity index (χ1v) is 6.40. The summed E-state index contributed by atoms with van der Waals surface area (Å²) in [6, 6.07) is 5.26. The van der Waals surface area contributed by atoms with E-state index >= 15 is 0 Å². The molecule has 0 bridgehead atoms. The Hall–Kier alpha value is -1.06. The number of carbonyl (C=O) groups excluding carboxylic acids is 1. The smallest absolute Gasteiger partial charge is 0.253 e. The van der Waals surface area contributed by atoms with Crippen LogP contribution in [0.25, 0.3) is 0 Å². The SMILES string of the molecule is CCN(CC(C)(C)O)C(=O)c1ccc(C)c(Cl)c1. The molecule has 3 nitrogen and oxygen atoms in total. The number of carbonyl (C=O) groups is 1. The molecule has 0 aliphatic heterocycles. The van der Waals surface area contributed by atoms with Gasteiger partial charge in [0.1, 0.15) is 0 Å². The first-order valence-electron chi connectivity index (χ1n) is 6.02. The van der Waals surface area contributed by atoms with Crippen molar-refractivity contribution in [2.75, 3.05) is 13.1 Å². The normalized spacial score (nSPS) is 11.4. The largest absolute Gasteiger partial charge is 0.389 e. The maximum atomic E-state index is 12.3. The highest BCUT2D eigenvalue weighted by molar-refractivity contribution is 6.31. The molecule has 0 atom stereocenters. The number of hydrogen-bond donors (Lipinski definition) is 1. The van der Waals surface area contributed by atoms with Crippen molar-refractivity contribution < 1.29 is 9.90 Å². The molecule has 0 heterocycles. The van der Waals surface area contributed by atoms with Crippen LogP contribution in [0.4, 0.5) is 0 Å². The predicted octanol–water partition coefficient (Wildman–Crippen LogP) is 2.88. The van der Waals surface area contributed by atoms with Crippen molar-refractivity contribution in [1.29, 1.82) is 0 Å². The van der Waals surface area contributed by atoms with E-state index in [2.05, 4.69) is 0 Å². The van der Waals surface area contributed by atoms with Gasteiger partial charge < -0.3 is 10.0 Å². The van der Waals surface area contributed by atoms with Crippen LogP contribution in [0.15, 0.2) is 18.2 Å². The number of halogens is 1. The van der Waals surface area contributed by atoms with Gasteiger partial charge in [-0.15, -0.1) is 0 Å². The topological polar surface area (TPSA) is 40.5 Å². The predicted molar refractivity (Wildman–Crippen MR) is 74.1 cm³/mol. The van der Waals surface area contributed by atoms with Crippen molar-refractivity contribution in [2.24, 2.45) is 0 Å². The van der Waals surface area contributed by atoms with Gasteiger partial charge in [0.15, 0.2) is 0 Å². The summed E-state index contributed by atoms with van der Waals surface area (Å²) >= 11 is 6.02. The summed E-state index contributed by atoms with van der Waals surface area (Å²) in [6.07, 6.45) is 0. The van der Waals surface area contributed by atoms with Gasteiger partial charge in [-0.05, 0) is 45.4 Å². The lowest BCUT2D eigenvalue weighted by Gasteiger charge is -2.28. The second-order valence-electron chi connectivity index (χ2n) is 5.10. The Balaban J connectivity index is 2.93. The molecule has 0 aromatic heterocycles. The van der Waals surface area contributed by atoms with Crippen LogP contribution in [0.1, 0.15) is 36.7 Å². The van der Waals surface area contributed by atoms with Crippen molar-refractivity contribution in [3.63, 3.8) is 0 Å². The highest BCUT2D eigenvalue weighted by Gasteiger charge is 2.22. The molecule has 0 fully saturated rings. The Morgan fingerprint density at radius 2 is 2.06 bits per heavy atom. The highest BCUT2D eigenvalue weighted by atomic mass is 35.5. The molecule has 0 unspecified atom stereocenters. The third-order valence-corrected chi connectivity index (χ3v) is 3.07. The van der Waals surface area contributed by atoms with Crippen LogP contribution in [0.3, 0.4) is 0 Å². The van der Waals surface area contributed by atoms with E-state index in [0.717, 1.165) is 5.56 Å². The van der Waals surface area contributed by atoms with Crippen LogP contribution in [-0.2, 0) is 0 Å². The van der Waals surface area contributed by atoms with Crippen molar-refractivity contribution >= 4 is 17.5 Å². The van der Waals surface area contributed by atoms with Crippen molar-refractivity contribution in [3.8, 4) is 0 Å². The summed E-state index contributed by atoms with van der Waals surface area (Å²) in [5.41, 5.74) is 0.593. The first kappa shape index (κ1) is 15.0. The molecule has 0 aliphatic carbocycles. The fourth-order valence-electron chi connectivity index (χ4n) is 1.70. The molecule has 4 heteroatoms. The molecular weight excluding hydrogens is 250 g/mol. The molecule has 0 saturated heterocycles. The Kier molecular flexibility index (Phi) is 4.77. The lowest BCUT2D eigenvalue weighted by atomic mass is 10.1. The average Bonchev–Trinajstić information content (AvgIpc) is 2.27. The third kappa shape index (κ3) is 4.00. The molecule has 0 aliphatic rings. The van der Waals surface area contributed by atoms with Crippen LogP contribution in [0.5, 0.6) is 0 Å². The van der Waals surface area contributed by atoms with Gasteiger partial charge >= 0.3 is 0 Å². The Bertz CT molecular complexity index is 438. The van der Waals surface area contributed by atoms with Gasteiger partial charge in [-0.25, -0.2) is 0 Å². The molecule has 1 N–H and O–H groups in total. The Labute approximate surface area is 113 Å². The van der Waals surface area contributed by atoms with E-state index in [9.17, 15) is 9.90 Å². The van der Waals surface area contributed by atoms with E-state index in [1.165, 1.54) is 0 Å². The second kappa shape index (κ2) is 5.72. The Morgan fingerprint density at radius 1 is 1.44 bits per heavy atom. The highest BCUT2D eigenvalue weighted by Crippen LogP contribution is 2.18. The standard InChI is InChI=1S/C14H20ClNO2/c1-5-16(9-14(3,4)18)13(17)11-7-6-10(2)12(15)8-11/h6-8,18H,5,9H2,1-4H3. The van der Waals surface area contributed by atoms with Gasteiger partial charge in [0, 0.05) is 23.7 Å². The summed E-state index contributed by atoms with van der Waals surface area (Å²) < 4.78 is 0. The second-order valence-corrected chi connectivity index (χ2v) is 5.50. The lowest BCUT2D eigenvalue weighted by molar-refractivity contribution is 0.0314. The van der Waals surface area contributed by atoms with Crippen LogP contribution in [0, 0.1) is 6.92 Å². The van der Waals surface area contributed by atoms with E-state index in [1.54, 1.807) is 30.9 Å². The van der Waals surface area contributed by atoms with Gasteiger partial charge in [-0.1, -0.05) is 17.7 Å². The zero-order valence-corrected chi connectivity index (χ0v) is 12.1. The Morgan fingerprint density at radius 3 is 2.50 bits per heavy atom. The average molecular weight is 270 g/mol. The van der Waals surface area contributed by atoms with E-state index in [1.807, 2.05) is 19.9 Å². The fourth-order valence-corrected chi connectivity index (χ4v) is 1.88.